The predicted molar refractivity (Wildman–Crippen MR) is 92.5 cm³/mol. The molecule has 7 nitrogen and oxygen atoms in total. The number of likely N-dealkylation sites (tertiary alicyclic amines) is 1. The van der Waals surface area contributed by atoms with Gasteiger partial charge in [0.25, 0.3) is 0 Å². The number of amides is 3. The molecule has 3 amide bonds. The number of nitrogens with zero attached hydrogens (tertiary/aromatic N) is 2. The minimum Gasteiger partial charge on any atom is -0.497 e. The molecule has 1 aromatic carbocycles. The van der Waals surface area contributed by atoms with Gasteiger partial charge < -0.3 is 24.6 Å². The quantitative estimate of drug-likeness (QED) is 0.906. The lowest BCUT2D eigenvalue weighted by atomic mass is 10.0. The molecular formula is C18H25N3O4. The molecule has 7 heteroatoms. The minimum absolute atomic E-state index is 0.0432. The summed E-state index contributed by atoms with van der Waals surface area (Å²) in [6, 6.07) is 7.73. The highest BCUT2D eigenvalue weighted by molar-refractivity contribution is 5.74. The molecule has 2 aliphatic rings. The minimum atomic E-state index is -0.227. The Morgan fingerprint density at radius 3 is 2.52 bits per heavy atom. The van der Waals surface area contributed by atoms with E-state index < -0.39 is 0 Å². The van der Waals surface area contributed by atoms with E-state index in [9.17, 15) is 9.59 Å². The van der Waals surface area contributed by atoms with Crippen molar-refractivity contribution in [3.8, 4) is 5.75 Å². The number of carbonyl (C=O) groups excluding carboxylic acids is 2. The molecule has 1 unspecified atom stereocenters. The Morgan fingerprint density at radius 2 is 1.96 bits per heavy atom. The van der Waals surface area contributed by atoms with Crippen molar-refractivity contribution in [2.24, 2.45) is 0 Å². The molecule has 0 radical (unpaired) electrons. The highest BCUT2D eigenvalue weighted by Gasteiger charge is 2.36. The molecule has 2 heterocycles. The van der Waals surface area contributed by atoms with E-state index in [2.05, 4.69) is 5.32 Å². The Hall–Kier alpha value is -2.44. The van der Waals surface area contributed by atoms with Crippen LogP contribution in [0, 0.1) is 0 Å². The Bertz CT molecular complexity index is 611. The lowest BCUT2D eigenvalue weighted by Gasteiger charge is -2.35. The van der Waals surface area contributed by atoms with Crippen molar-refractivity contribution in [2.75, 3.05) is 26.7 Å². The fourth-order valence-corrected chi connectivity index (χ4v) is 3.34. The van der Waals surface area contributed by atoms with Gasteiger partial charge in [0.1, 0.15) is 11.9 Å². The van der Waals surface area contributed by atoms with Crippen LogP contribution in [0.3, 0.4) is 0 Å². The lowest BCUT2D eigenvalue weighted by molar-refractivity contribution is 0.118. The fourth-order valence-electron chi connectivity index (χ4n) is 3.34. The van der Waals surface area contributed by atoms with Crippen LogP contribution in [0.1, 0.15) is 25.3 Å². The van der Waals surface area contributed by atoms with Crippen molar-refractivity contribution in [3.63, 3.8) is 0 Å². The van der Waals surface area contributed by atoms with Gasteiger partial charge in [-0.3, -0.25) is 0 Å². The first-order chi connectivity index (χ1) is 12.1. The van der Waals surface area contributed by atoms with Crippen LogP contribution in [-0.2, 0) is 11.3 Å². The van der Waals surface area contributed by atoms with Crippen LogP contribution in [0.4, 0.5) is 9.59 Å². The summed E-state index contributed by atoms with van der Waals surface area (Å²) in [5.41, 5.74) is 1.03. The van der Waals surface area contributed by atoms with Crippen molar-refractivity contribution in [2.45, 2.75) is 38.5 Å². The second-order valence-corrected chi connectivity index (χ2v) is 6.57. The molecule has 0 aromatic heterocycles. The number of ether oxygens (including phenoxy) is 2. The molecule has 0 spiro atoms. The molecule has 2 aliphatic heterocycles. The van der Waals surface area contributed by atoms with Crippen molar-refractivity contribution in [3.05, 3.63) is 29.8 Å². The molecule has 2 fully saturated rings. The SMILES string of the molecule is COc1ccc(CNC(=O)N2CCC(N3CC(C)OC3=O)CC2)cc1. The van der Waals surface area contributed by atoms with E-state index in [0.29, 0.717) is 26.2 Å². The van der Waals surface area contributed by atoms with Gasteiger partial charge in [-0.1, -0.05) is 12.1 Å². The molecular weight excluding hydrogens is 322 g/mol. The third-order valence-corrected chi connectivity index (χ3v) is 4.79. The average Bonchev–Trinajstić information content (AvgIpc) is 2.98. The number of benzene rings is 1. The number of piperidine rings is 1. The van der Waals surface area contributed by atoms with Crippen LogP contribution in [0.2, 0.25) is 0 Å². The van der Waals surface area contributed by atoms with Gasteiger partial charge in [-0.2, -0.15) is 0 Å². The normalized spacial score (nSPS) is 21.2. The standard InChI is InChI=1S/C18H25N3O4/c1-13-12-21(18(23)25-13)15-7-9-20(10-8-15)17(22)19-11-14-3-5-16(24-2)6-4-14/h3-6,13,15H,7-12H2,1-2H3,(H,19,22). The third kappa shape index (κ3) is 4.15. The zero-order valence-corrected chi connectivity index (χ0v) is 14.7. The number of rotatable bonds is 4. The van der Waals surface area contributed by atoms with Gasteiger partial charge in [0.15, 0.2) is 0 Å². The van der Waals surface area contributed by atoms with Crippen molar-refractivity contribution >= 4 is 12.1 Å². The maximum atomic E-state index is 12.3. The van der Waals surface area contributed by atoms with E-state index in [1.54, 1.807) is 12.0 Å². The molecule has 136 valence electrons. The summed E-state index contributed by atoms with van der Waals surface area (Å²) in [5, 5.41) is 2.95. The number of cyclic esters (lactones) is 1. The summed E-state index contributed by atoms with van der Waals surface area (Å²) in [6.45, 7) is 4.33. The number of methoxy groups -OCH3 is 1. The number of carbonyl (C=O) groups is 2. The summed E-state index contributed by atoms with van der Waals surface area (Å²) >= 11 is 0. The first-order valence-electron chi connectivity index (χ1n) is 8.70. The lowest BCUT2D eigenvalue weighted by Crippen LogP contribution is -2.49. The number of urea groups is 1. The maximum Gasteiger partial charge on any atom is 0.410 e. The molecule has 1 N–H and O–H groups in total. The monoisotopic (exact) mass is 347 g/mol. The molecule has 1 aromatic rings. The first-order valence-corrected chi connectivity index (χ1v) is 8.70. The van der Waals surface area contributed by atoms with Crippen LogP contribution in [0.15, 0.2) is 24.3 Å². The van der Waals surface area contributed by atoms with Crippen LogP contribution in [0.25, 0.3) is 0 Å². The number of hydrogen-bond donors (Lipinski definition) is 1. The Balaban J connectivity index is 1.44. The summed E-state index contributed by atoms with van der Waals surface area (Å²) < 4.78 is 10.3. The second kappa shape index (κ2) is 7.63. The number of nitrogens with one attached hydrogen (secondary N) is 1. The molecule has 0 bridgehead atoms. The molecule has 0 saturated carbocycles. The van der Waals surface area contributed by atoms with Crippen LogP contribution in [-0.4, -0.2) is 60.8 Å². The van der Waals surface area contributed by atoms with Gasteiger partial charge in [0.05, 0.1) is 13.7 Å². The van der Waals surface area contributed by atoms with E-state index in [1.807, 2.05) is 36.1 Å². The largest absolute Gasteiger partial charge is 0.497 e. The number of hydrogen-bond acceptors (Lipinski definition) is 4. The molecule has 3 rings (SSSR count). The van der Waals surface area contributed by atoms with Gasteiger partial charge in [-0.15, -0.1) is 0 Å². The molecule has 25 heavy (non-hydrogen) atoms. The van der Waals surface area contributed by atoms with Crippen LogP contribution >= 0.6 is 0 Å². The molecule has 0 aliphatic carbocycles. The fraction of sp³-hybridized carbons (Fsp3) is 0.556. The summed E-state index contributed by atoms with van der Waals surface area (Å²) in [4.78, 5) is 27.7. The zero-order valence-electron chi connectivity index (χ0n) is 14.7. The summed E-state index contributed by atoms with van der Waals surface area (Å²) in [6.07, 6.45) is 1.31. The smallest absolute Gasteiger partial charge is 0.410 e. The molecule has 1 atom stereocenters. The average molecular weight is 347 g/mol. The van der Waals surface area contributed by atoms with Crippen molar-refractivity contribution in [1.29, 1.82) is 0 Å². The predicted octanol–water partition coefficient (Wildman–Crippen LogP) is 2.21. The topological polar surface area (TPSA) is 71.1 Å². The first kappa shape index (κ1) is 17.4. The third-order valence-electron chi connectivity index (χ3n) is 4.79. The van der Waals surface area contributed by atoms with E-state index in [1.165, 1.54) is 0 Å². The van der Waals surface area contributed by atoms with E-state index in [0.717, 1.165) is 24.2 Å². The molecule has 2 saturated heterocycles. The van der Waals surface area contributed by atoms with Gasteiger partial charge >= 0.3 is 12.1 Å². The Kier molecular flexibility index (Phi) is 5.31. The van der Waals surface area contributed by atoms with Gasteiger partial charge in [-0.25, -0.2) is 9.59 Å². The van der Waals surface area contributed by atoms with Gasteiger partial charge in [-0.05, 0) is 37.5 Å². The van der Waals surface area contributed by atoms with E-state index in [4.69, 9.17) is 9.47 Å². The second-order valence-electron chi connectivity index (χ2n) is 6.57. The van der Waals surface area contributed by atoms with Gasteiger partial charge in [0, 0.05) is 25.7 Å². The van der Waals surface area contributed by atoms with Gasteiger partial charge in [0.2, 0.25) is 0 Å². The van der Waals surface area contributed by atoms with Crippen LogP contribution in [0.5, 0.6) is 5.75 Å². The summed E-state index contributed by atoms with van der Waals surface area (Å²) in [7, 11) is 1.63. The highest BCUT2D eigenvalue weighted by atomic mass is 16.6. The van der Waals surface area contributed by atoms with E-state index >= 15 is 0 Å². The van der Waals surface area contributed by atoms with E-state index in [-0.39, 0.29) is 24.3 Å². The summed E-state index contributed by atoms with van der Waals surface area (Å²) in [5.74, 6) is 0.798. The van der Waals surface area contributed by atoms with Crippen LogP contribution < -0.4 is 10.1 Å². The van der Waals surface area contributed by atoms with Crippen molar-refractivity contribution in [1.82, 2.24) is 15.1 Å². The Morgan fingerprint density at radius 1 is 1.28 bits per heavy atom. The highest BCUT2D eigenvalue weighted by Crippen LogP contribution is 2.22. The maximum absolute atomic E-state index is 12.3. The zero-order chi connectivity index (χ0) is 17.8. The van der Waals surface area contributed by atoms with Crippen molar-refractivity contribution < 1.29 is 19.1 Å². The Labute approximate surface area is 147 Å².